The lowest BCUT2D eigenvalue weighted by molar-refractivity contribution is 0.554. The van der Waals surface area contributed by atoms with Crippen molar-refractivity contribution in [3.63, 3.8) is 0 Å². The summed E-state index contributed by atoms with van der Waals surface area (Å²) in [5.41, 5.74) is 3.63. The molecule has 2 rings (SSSR count). The first kappa shape index (κ1) is 15.1. The Labute approximate surface area is 125 Å². The van der Waals surface area contributed by atoms with Gasteiger partial charge in [-0.05, 0) is 37.4 Å². The smallest absolute Gasteiger partial charge is 0.124 e. The van der Waals surface area contributed by atoms with Crippen LogP contribution in [0, 0.1) is 12.8 Å². The van der Waals surface area contributed by atoms with E-state index in [0.717, 1.165) is 30.2 Å². The predicted octanol–water partition coefficient (Wildman–Crippen LogP) is 3.82. The van der Waals surface area contributed by atoms with E-state index in [1.54, 1.807) is 11.3 Å². The van der Waals surface area contributed by atoms with Gasteiger partial charge in [-0.15, -0.1) is 11.3 Å². The maximum Gasteiger partial charge on any atom is 0.124 e. The lowest BCUT2D eigenvalue weighted by atomic mass is 10.1. The molecule has 0 aliphatic carbocycles. The molecule has 108 valence electrons. The standard InChI is InChI=1S/C16H23N3S/c1-5-13-9-17-7-6-14(13)16-19-12(4)15(20-16)10-18-8-11(2)3/h6-7,9,11,18H,5,8,10H2,1-4H3. The molecule has 0 aliphatic heterocycles. The summed E-state index contributed by atoms with van der Waals surface area (Å²) in [5, 5.41) is 4.61. The zero-order valence-corrected chi connectivity index (χ0v) is 13.5. The van der Waals surface area contributed by atoms with E-state index in [-0.39, 0.29) is 0 Å². The van der Waals surface area contributed by atoms with Crippen LogP contribution in [0.15, 0.2) is 18.5 Å². The fourth-order valence-corrected chi connectivity index (χ4v) is 3.19. The molecule has 0 fully saturated rings. The van der Waals surface area contributed by atoms with E-state index >= 15 is 0 Å². The van der Waals surface area contributed by atoms with Gasteiger partial charge in [-0.1, -0.05) is 20.8 Å². The monoisotopic (exact) mass is 289 g/mol. The molecule has 2 aromatic rings. The van der Waals surface area contributed by atoms with Crippen molar-refractivity contribution in [2.75, 3.05) is 6.54 Å². The van der Waals surface area contributed by atoms with Crippen molar-refractivity contribution in [1.82, 2.24) is 15.3 Å². The first-order chi connectivity index (χ1) is 9.61. The van der Waals surface area contributed by atoms with Crippen molar-refractivity contribution < 1.29 is 0 Å². The summed E-state index contributed by atoms with van der Waals surface area (Å²) in [6, 6.07) is 2.07. The zero-order valence-electron chi connectivity index (χ0n) is 12.7. The number of aryl methyl sites for hydroxylation is 2. The molecule has 0 aliphatic rings. The van der Waals surface area contributed by atoms with Crippen molar-refractivity contribution >= 4 is 11.3 Å². The highest BCUT2D eigenvalue weighted by Gasteiger charge is 2.12. The van der Waals surface area contributed by atoms with Crippen LogP contribution < -0.4 is 5.32 Å². The van der Waals surface area contributed by atoms with Gasteiger partial charge in [-0.25, -0.2) is 4.98 Å². The first-order valence-corrected chi connectivity index (χ1v) is 8.03. The minimum Gasteiger partial charge on any atom is -0.312 e. The maximum absolute atomic E-state index is 4.74. The molecule has 1 N–H and O–H groups in total. The average Bonchev–Trinajstić information content (AvgIpc) is 2.80. The molecule has 0 unspecified atom stereocenters. The summed E-state index contributed by atoms with van der Waals surface area (Å²) in [6.45, 7) is 10.7. The molecule has 0 radical (unpaired) electrons. The van der Waals surface area contributed by atoms with E-state index < -0.39 is 0 Å². The first-order valence-electron chi connectivity index (χ1n) is 7.22. The third-order valence-corrected chi connectivity index (χ3v) is 4.44. The molecule has 4 heteroatoms. The Balaban J connectivity index is 2.18. The highest BCUT2D eigenvalue weighted by molar-refractivity contribution is 7.15. The molecule has 0 saturated carbocycles. The number of nitrogens with one attached hydrogen (secondary N) is 1. The summed E-state index contributed by atoms with van der Waals surface area (Å²) in [6.07, 6.45) is 4.79. The van der Waals surface area contributed by atoms with Gasteiger partial charge in [0.25, 0.3) is 0 Å². The number of hydrogen-bond acceptors (Lipinski definition) is 4. The van der Waals surface area contributed by atoms with Crippen molar-refractivity contribution in [2.45, 2.75) is 40.7 Å². The minimum atomic E-state index is 0.676. The second-order valence-electron chi connectivity index (χ2n) is 5.44. The van der Waals surface area contributed by atoms with Crippen LogP contribution >= 0.6 is 11.3 Å². The van der Waals surface area contributed by atoms with Crippen LogP contribution in [0.3, 0.4) is 0 Å². The van der Waals surface area contributed by atoms with E-state index in [1.165, 1.54) is 16.0 Å². The number of rotatable bonds is 6. The molecule has 0 saturated heterocycles. The molecule has 3 nitrogen and oxygen atoms in total. The Hall–Kier alpha value is -1.26. The number of pyridine rings is 1. The highest BCUT2D eigenvalue weighted by atomic mass is 32.1. The van der Waals surface area contributed by atoms with E-state index in [4.69, 9.17) is 4.98 Å². The molecular weight excluding hydrogens is 266 g/mol. The third kappa shape index (κ3) is 3.64. The van der Waals surface area contributed by atoms with Crippen LogP contribution in [0.4, 0.5) is 0 Å². The SMILES string of the molecule is CCc1cnccc1-c1nc(C)c(CNCC(C)C)s1. The van der Waals surface area contributed by atoms with Crippen LogP contribution in [0.5, 0.6) is 0 Å². The summed E-state index contributed by atoms with van der Waals surface area (Å²) in [4.78, 5) is 10.3. The van der Waals surface area contributed by atoms with E-state index in [2.05, 4.69) is 44.1 Å². The molecule has 20 heavy (non-hydrogen) atoms. The van der Waals surface area contributed by atoms with Gasteiger partial charge < -0.3 is 5.32 Å². The molecule has 0 spiro atoms. The normalized spacial score (nSPS) is 11.2. The summed E-state index contributed by atoms with van der Waals surface area (Å²) in [7, 11) is 0. The molecule has 0 atom stereocenters. The van der Waals surface area contributed by atoms with Gasteiger partial charge in [-0.2, -0.15) is 0 Å². The fraction of sp³-hybridized carbons (Fsp3) is 0.500. The number of hydrogen-bond donors (Lipinski definition) is 1. The van der Waals surface area contributed by atoms with Crippen LogP contribution in [-0.2, 0) is 13.0 Å². The second-order valence-corrected chi connectivity index (χ2v) is 6.52. The number of nitrogens with zero attached hydrogens (tertiary/aromatic N) is 2. The van der Waals surface area contributed by atoms with Crippen LogP contribution in [-0.4, -0.2) is 16.5 Å². The summed E-state index contributed by atoms with van der Waals surface area (Å²) >= 11 is 1.79. The van der Waals surface area contributed by atoms with Crippen LogP contribution in [0.1, 0.15) is 36.9 Å². The van der Waals surface area contributed by atoms with Crippen molar-refractivity contribution in [3.05, 3.63) is 34.6 Å². The second kappa shape index (κ2) is 6.95. The Morgan fingerprint density at radius 3 is 2.85 bits per heavy atom. The van der Waals surface area contributed by atoms with Crippen molar-refractivity contribution in [1.29, 1.82) is 0 Å². The van der Waals surface area contributed by atoms with Crippen molar-refractivity contribution in [2.24, 2.45) is 5.92 Å². The fourth-order valence-electron chi connectivity index (χ4n) is 2.10. The quantitative estimate of drug-likeness (QED) is 0.878. The lowest BCUT2D eigenvalue weighted by Crippen LogP contribution is -2.18. The Morgan fingerprint density at radius 2 is 2.15 bits per heavy atom. The minimum absolute atomic E-state index is 0.676. The average molecular weight is 289 g/mol. The van der Waals surface area contributed by atoms with E-state index in [1.807, 2.05) is 12.4 Å². The summed E-state index contributed by atoms with van der Waals surface area (Å²) < 4.78 is 0. The van der Waals surface area contributed by atoms with Crippen molar-refractivity contribution in [3.8, 4) is 10.6 Å². The third-order valence-electron chi connectivity index (χ3n) is 3.25. The topological polar surface area (TPSA) is 37.8 Å². The van der Waals surface area contributed by atoms with Gasteiger partial charge in [0.2, 0.25) is 0 Å². The van der Waals surface area contributed by atoms with E-state index in [9.17, 15) is 0 Å². The molecule has 0 amide bonds. The maximum atomic E-state index is 4.74. The van der Waals surface area contributed by atoms with Gasteiger partial charge in [-0.3, -0.25) is 4.98 Å². The largest absolute Gasteiger partial charge is 0.312 e. The summed E-state index contributed by atoms with van der Waals surface area (Å²) in [5.74, 6) is 0.676. The van der Waals surface area contributed by atoms with Gasteiger partial charge in [0, 0.05) is 29.4 Å². The van der Waals surface area contributed by atoms with Gasteiger partial charge >= 0.3 is 0 Å². The number of aromatic nitrogens is 2. The lowest BCUT2D eigenvalue weighted by Gasteiger charge is -2.05. The predicted molar refractivity (Wildman–Crippen MR) is 86.0 cm³/mol. The Morgan fingerprint density at radius 1 is 1.35 bits per heavy atom. The van der Waals surface area contributed by atoms with Gasteiger partial charge in [0.05, 0.1) is 5.69 Å². The Kier molecular flexibility index (Phi) is 5.26. The number of thiazole rings is 1. The molecule has 0 aromatic carbocycles. The van der Waals surface area contributed by atoms with E-state index in [0.29, 0.717) is 5.92 Å². The molecule has 2 heterocycles. The van der Waals surface area contributed by atoms with Crippen LogP contribution in [0.2, 0.25) is 0 Å². The van der Waals surface area contributed by atoms with Gasteiger partial charge in [0.15, 0.2) is 0 Å². The highest BCUT2D eigenvalue weighted by Crippen LogP contribution is 2.30. The molecule has 2 aromatic heterocycles. The molecule has 0 bridgehead atoms. The zero-order chi connectivity index (χ0) is 14.5. The van der Waals surface area contributed by atoms with Gasteiger partial charge in [0.1, 0.15) is 5.01 Å². The molecular formula is C16H23N3S. The van der Waals surface area contributed by atoms with Crippen LogP contribution in [0.25, 0.3) is 10.6 Å². The Bertz CT molecular complexity index is 561.